The molecular formula is C14H20FNO5S. The van der Waals surface area contributed by atoms with Crippen LogP contribution in [0.15, 0.2) is 23.1 Å². The number of halogens is 1. The summed E-state index contributed by atoms with van der Waals surface area (Å²) in [4.78, 5) is 22.0. The maximum Gasteiger partial charge on any atom is 0.332 e. The molecule has 1 heterocycles. The first-order valence-electron chi connectivity index (χ1n) is 6.82. The Bertz CT molecular complexity index is 678. The second-order valence-corrected chi connectivity index (χ2v) is 5.82. The van der Waals surface area contributed by atoms with Crippen molar-refractivity contribution in [2.75, 3.05) is 0 Å². The third-order valence-corrected chi connectivity index (χ3v) is 3.57. The topological polar surface area (TPSA) is 89.5 Å². The Kier molecular flexibility index (Phi) is 6.04. The van der Waals surface area contributed by atoms with Gasteiger partial charge in [-0.3, -0.25) is 14.9 Å². The minimum Gasteiger partial charge on any atom is -0.481 e. The van der Waals surface area contributed by atoms with Crippen LogP contribution in [-0.2, 0) is 19.8 Å². The number of carbonyl (C=O) groups is 2. The van der Waals surface area contributed by atoms with Crippen LogP contribution in [0.2, 0.25) is 0 Å². The number of ether oxygens (including phenoxy) is 1. The van der Waals surface area contributed by atoms with Crippen LogP contribution in [0.1, 0.15) is 33.7 Å². The quantitative estimate of drug-likeness (QED) is 0.676. The van der Waals surface area contributed by atoms with Crippen LogP contribution in [-0.4, -0.2) is 26.3 Å². The van der Waals surface area contributed by atoms with Gasteiger partial charge < -0.3 is 4.74 Å². The van der Waals surface area contributed by atoms with E-state index in [0.717, 1.165) is 12.1 Å². The first kappa shape index (κ1) is 18.1. The van der Waals surface area contributed by atoms with E-state index in [0.29, 0.717) is 5.56 Å². The molecule has 1 unspecified atom stereocenters. The van der Waals surface area contributed by atoms with E-state index < -0.39 is 27.1 Å². The van der Waals surface area contributed by atoms with Crippen molar-refractivity contribution in [3.63, 3.8) is 0 Å². The molecular weight excluding hydrogens is 313 g/mol. The fourth-order valence-electron chi connectivity index (χ4n) is 1.87. The van der Waals surface area contributed by atoms with Crippen LogP contribution in [0, 0.1) is 6.92 Å². The average molecular weight is 333 g/mol. The maximum atomic E-state index is 13.0. The molecule has 1 atom stereocenters. The summed E-state index contributed by atoms with van der Waals surface area (Å²) in [6.07, 6.45) is -0.572. The van der Waals surface area contributed by atoms with Crippen molar-refractivity contribution in [3.8, 4) is 5.75 Å². The third kappa shape index (κ3) is 4.80. The van der Waals surface area contributed by atoms with Gasteiger partial charge in [0.1, 0.15) is 10.6 Å². The monoisotopic (exact) mass is 333 g/mol. The van der Waals surface area contributed by atoms with Crippen molar-refractivity contribution < 1.29 is 28.1 Å². The number of piperidine rings is 1. The number of amides is 2. The number of imide groups is 1. The summed E-state index contributed by atoms with van der Waals surface area (Å²) in [5, 5.41) is 2.11. The average Bonchev–Trinajstić information content (AvgIpc) is 2.43. The molecule has 0 bridgehead atoms. The van der Waals surface area contributed by atoms with Crippen LogP contribution in [0.4, 0.5) is 3.89 Å². The number of carbonyl (C=O) groups excluding carboxylic acids is 2. The summed E-state index contributed by atoms with van der Waals surface area (Å²) in [7, 11) is -4.85. The summed E-state index contributed by atoms with van der Waals surface area (Å²) in [5.41, 5.74) is 0.478. The van der Waals surface area contributed by atoms with Gasteiger partial charge in [-0.05, 0) is 24.6 Å². The fourth-order valence-corrected chi connectivity index (χ4v) is 2.46. The minimum absolute atomic E-state index is 0. The lowest BCUT2D eigenvalue weighted by atomic mass is 10.1. The van der Waals surface area contributed by atoms with E-state index in [1.165, 1.54) is 6.07 Å². The van der Waals surface area contributed by atoms with Crippen molar-refractivity contribution in [1.29, 1.82) is 0 Å². The van der Waals surface area contributed by atoms with Gasteiger partial charge in [0.25, 0.3) is 5.91 Å². The van der Waals surface area contributed by atoms with Crippen LogP contribution in [0.3, 0.4) is 0 Å². The van der Waals surface area contributed by atoms with Crippen molar-refractivity contribution in [1.82, 2.24) is 5.32 Å². The number of aryl methyl sites for hydroxylation is 1. The molecule has 0 spiro atoms. The zero-order chi connectivity index (χ0) is 16.9. The molecule has 6 nitrogen and oxygen atoms in total. The van der Waals surface area contributed by atoms with Crippen molar-refractivity contribution in [2.24, 2.45) is 0 Å². The minimum atomic E-state index is -4.85. The van der Waals surface area contributed by atoms with Gasteiger partial charge in [-0.2, -0.15) is 8.42 Å². The normalized spacial score (nSPS) is 18.1. The van der Waals surface area contributed by atoms with Gasteiger partial charge in [0.15, 0.2) is 6.10 Å². The number of nitrogens with one attached hydrogen (secondary N) is 1. The number of benzene rings is 1. The van der Waals surface area contributed by atoms with E-state index in [4.69, 9.17) is 4.74 Å². The molecule has 1 aromatic rings. The smallest absolute Gasteiger partial charge is 0.332 e. The van der Waals surface area contributed by atoms with Gasteiger partial charge in [0.05, 0.1) is 0 Å². The Morgan fingerprint density at radius 1 is 1.27 bits per heavy atom. The van der Waals surface area contributed by atoms with Gasteiger partial charge in [0, 0.05) is 20.3 Å². The molecule has 2 amide bonds. The molecule has 0 aromatic heterocycles. The summed E-state index contributed by atoms with van der Waals surface area (Å²) < 4.78 is 40.1. The molecule has 1 fully saturated rings. The molecule has 1 aliphatic rings. The predicted octanol–water partition coefficient (Wildman–Crippen LogP) is 2.11. The summed E-state index contributed by atoms with van der Waals surface area (Å²) >= 11 is 0. The van der Waals surface area contributed by atoms with Gasteiger partial charge in [-0.15, -0.1) is 3.89 Å². The molecule has 2 rings (SSSR count). The van der Waals surface area contributed by atoms with Crippen molar-refractivity contribution in [2.45, 2.75) is 44.6 Å². The van der Waals surface area contributed by atoms with E-state index in [2.05, 4.69) is 5.32 Å². The number of rotatable bonds is 3. The van der Waals surface area contributed by atoms with Crippen LogP contribution >= 0.6 is 0 Å². The highest BCUT2D eigenvalue weighted by molar-refractivity contribution is 7.86. The molecule has 0 aliphatic carbocycles. The Hall–Kier alpha value is -1.96. The lowest BCUT2D eigenvalue weighted by Gasteiger charge is -2.22. The molecule has 0 saturated carbocycles. The third-order valence-electron chi connectivity index (χ3n) is 2.77. The van der Waals surface area contributed by atoms with Gasteiger partial charge in [0.2, 0.25) is 5.91 Å². The van der Waals surface area contributed by atoms with Crippen LogP contribution in [0.25, 0.3) is 0 Å². The van der Waals surface area contributed by atoms with Crippen LogP contribution < -0.4 is 10.1 Å². The van der Waals surface area contributed by atoms with E-state index in [1.54, 1.807) is 6.92 Å². The van der Waals surface area contributed by atoms with E-state index in [-0.39, 0.29) is 25.9 Å². The second kappa shape index (κ2) is 7.35. The molecule has 0 radical (unpaired) electrons. The van der Waals surface area contributed by atoms with Crippen molar-refractivity contribution >= 4 is 22.0 Å². The van der Waals surface area contributed by atoms with E-state index >= 15 is 0 Å². The summed E-state index contributed by atoms with van der Waals surface area (Å²) in [6, 6.07) is 3.65. The summed E-state index contributed by atoms with van der Waals surface area (Å²) in [5.74, 6) is -0.908. The first-order valence-corrected chi connectivity index (χ1v) is 8.21. The molecule has 1 saturated heterocycles. The summed E-state index contributed by atoms with van der Waals surface area (Å²) in [6.45, 7) is 5.58. The number of hydrogen-bond acceptors (Lipinski definition) is 5. The van der Waals surface area contributed by atoms with Gasteiger partial charge in [-0.1, -0.05) is 13.8 Å². The lowest BCUT2D eigenvalue weighted by Crippen LogP contribution is -2.46. The zero-order valence-corrected chi connectivity index (χ0v) is 13.4. The Morgan fingerprint density at radius 3 is 2.45 bits per heavy atom. The maximum absolute atomic E-state index is 13.0. The highest BCUT2D eigenvalue weighted by atomic mass is 32.3. The second-order valence-electron chi connectivity index (χ2n) is 4.48. The van der Waals surface area contributed by atoms with E-state index in [9.17, 15) is 21.9 Å². The lowest BCUT2D eigenvalue weighted by molar-refractivity contribution is -0.138. The molecule has 1 N–H and O–H groups in total. The fraction of sp³-hybridized carbons (Fsp3) is 0.429. The highest BCUT2D eigenvalue weighted by Crippen LogP contribution is 2.24. The zero-order valence-electron chi connectivity index (χ0n) is 12.6. The van der Waals surface area contributed by atoms with Crippen LogP contribution in [0.5, 0.6) is 5.75 Å². The molecule has 1 aromatic carbocycles. The predicted molar refractivity (Wildman–Crippen MR) is 79.7 cm³/mol. The molecule has 1 aliphatic heterocycles. The molecule has 124 valence electrons. The van der Waals surface area contributed by atoms with Gasteiger partial charge in [-0.25, -0.2) is 0 Å². The highest BCUT2D eigenvalue weighted by Gasteiger charge is 2.28. The Morgan fingerprint density at radius 2 is 1.91 bits per heavy atom. The Labute approximate surface area is 130 Å². The molecule has 22 heavy (non-hydrogen) atoms. The van der Waals surface area contributed by atoms with E-state index in [1.807, 2.05) is 13.8 Å². The largest absolute Gasteiger partial charge is 0.481 e. The molecule has 8 heteroatoms. The SMILES string of the molecule is CC.Cc1cc(OC2CCC(=O)NC2=O)cc(S(=O)(=O)F)c1.[HH]. The Balaban J connectivity index is 0.00000155. The standard InChI is InChI=1S/C12H12FNO5S.C2H6.H2/c1-7-4-8(6-9(5-7)20(13,17)18)19-10-2-3-11(15)14-12(10)16;1-2;/h4-6,10H,2-3H2,1H3,(H,14,15,16);1-2H3;1H. The van der Waals surface area contributed by atoms with Gasteiger partial charge >= 0.3 is 10.2 Å². The number of hydrogen-bond donors (Lipinski definition) is 1. The first-order chi connectivity index (χ1) is 10.3. The van der Waals surface area contributed by atoms with Crippen molar-refractivity contribution in [3.05, 3.63) is 23.8 Å².